The van der Waals surface area contributed by atoms with Crippen molar-refractivity contribution in [3.8, 4) is 23.0 Å². The maximum absolute atomic E-state index is 13.5. The second-order valence-electron chi connectivity index (χ2n) is 8.11. The van der Waals surface area contributed by atoms with Crippen molar-refractivity contribution in [2.75, 3.05) is 45.2 Å². The van der Waals surface area contributed by atoms with E-state index in [1.165, 1.54) is 39.4 Å². The number of aromatic nitrogens is 1. The third-order valence-corrected chi connectivity index (χ3v) is 6.40. The van der Waals surface area contributed by atoms with Crippen molar-refractivity contribution >= 4 is 39.9 Å². The number of ether oxygens (including phenoxy) is 4. The first-order valence-electron chi connectivity index (χ1n) is 10.8. The Hall–Kier alpha value is -4.41. The molecule has 11 nitrogen and oxygen atoms in total. The first-order valence-corrected chi connectivity index (χ1v) is 10.8. The highest BCUT2D eigenvalue weighted by Gasteiger charge is 2.43. The van der Waals surface area contributed by atoms with Gasteiger partial charge in [0, 0.05) is 18.0 Å². The number of nitrogens with one attached hydrogen (secondary N) is 2. The molecule has 182 valence electrons. The number of methoxy groups -OCH3 is 4. The highest BCUT2D eigenvalue weighted by molar-refractivity contribution is 6.23. The zero-order chi connectivity index (χ0) is 25.0. The number of aromatic hydroxyl groups is 1. The normalized spacial score (nSPS) is 16.1. The molecule has 35 heavy (non-hydrogen) atoms. The molecule has 3 N–H and O–H groups in total. The van der Waals surface area contributed by atoms with Gasteiger partial charge < -0.3 is 39.3 Å². The van der Waals surface area contributed by atoms with Crippen LogP contribution < -0.4 is 24.4 Å². The topological polar surface area (TPSA) is 139 Å². The maximum Gasteiger partial charge on any atom is 0.336 e. The van der Waals surface area contributed by atoms with E-state index < -0.39 is 17.8 Å². The zero-order valence-electron chi connectivity index (χ0n) is 19.5. The molecule has 5 rings (SSSR count). The van der Waals surface area contributed by atoms with E-state index in [1.54, 1.807) is 12.1 Å². The van der Waals surface area contributed by atoms with Crippen molar-refractivity contribution in [1.29, 1.82) is 0 Å². The molecular weight excluding hydrogens is 458 g/mol. The number of anilines is 2. The van der Waals surface area contributed by atoms with Crippen LogP contribution in [0.5, 0.6) is 23.0 Å². The largest absolute Gasteiger partial charge is 0.506 e. The Kier molecular flexibility index (Phi) is 5.19. The number of aromatic amines is 1. The predicted molar refractivity (Wildman–Crippen MR) is 125 cm³/mol. The first-order chi connectivity index (χ1) is 16.8. The Balaban J connectivity index is 1.56. The number of rotatable bonds is 5. The number of phenols is 1. The number of phenolic OH excluding ortho intramolecular Hbond substituents is 1. The fraction of sp³-hybridized carbons (Fsp3) is 0.292. The molecule has 0 saturated carbocycles. The predicted octanol–water partition coefficient (Wildman–Crippen LogP) is 2.25. The fourth-order valence-corrected chi connectivity index (χ4v) is 4.81. The van der Waals surface area contributed by atoms with Gasteiger partial charge in [0.25, 0.3) is 5.91 Å². The van der Waals surface area contributed by atoms with Crippen LogP contribution >= 0.6 is 0 Å². The molecule has 0 fully saturated rings. The van der Waals surface area contributed by atoms with E-state index >= 15 is 0 Å². The van der Waals surface area contributed by atoms with Gasteiger partial charge in [-0.1, -0.05) is 0 Å². The minimum atomic E-state index is -1.23. The van der Waals surface area contributed by atoms with Crippen molar-refractivity contribution in [3.63, 3.8) is 0 Å². The van der Waals surface area contributed by atoms with Gasteiger partial charge in [0.15, 0.2) is 23.3 Å². The molecule has 0 bridgehead atoms. The summed E-state index contributed by atoms with van der Waals surface area (Å²) in [5.41, 5.74) is 2.22. The van der Waals surface area contributed by atoms with Crippen LogP contribution in [0.1, 0.15) is 26.4 Å². The maximum atomic E-state index is 13.5. The molecule has 0 spiro atoms. The Labute approximate surface area is 199 Å². The van der Waals surface area contributed by atoms with Crippen molar-refractivity contribution < 1.29 is 38.4 Å². The second-order valence-corrected chi connectivity index (χ2v) is 8.11. The summed E-state index contributed by atoms with van der Waals surface area (Å²) in [7, 11) is 5.68. The number of fused-ring (bicyclic) bond motifs is 4. The lowest BCUT2D eigenvalue weighted by Gasteiger charge is -2.17. The molecule has 2 aliphatic heterocycles. The van der Waals surface area contributed by atoms with E-state index in [9.17, 15) is 19.5 Å². The summed E-state index contributed by atoms with van der Waals surface area (Å²) in [6, 6.07) is 3.60. The Morgan fingerprint density at radius 3 is 2.46 bits per heavy atom. The van der Waals surface area contributed by atoms with Gasteiger partial charge in [-0.3, -0.25) is 9.59 Å². The number of Topliss-reactive ketones (excluding diaryl/α,β-unsaturated/α-hetero) is 1. The molecule has 3 heterocycles. The van der Waals surface area contributed by atoms with Gasteiger partial charge in [0.1, 0.15) is 11.4 Å². The number of carbonyl (C=O) groups is 3. The summed E-state index contributed by atoms with van der Waals surface area (Å²) in [6.45, 7) is 0.291. The molecule has 2 aliphatic rings. The number of H-pyrrole nitrogens is 1. The molecular formula is C24H23N3O8. The van der Waals surface area contributed by atoms with Crippen molar-refractivity contribution in [2.24, 2.45) is 0 Å². The van der Waals surface area contributed by atoms with Gasteiger partial charge in [0.05, 0.1) is 50.9 Å². The van der Waals surface area contributed by atoms with Crippen molar-refractivity contribution in [2.45, 2.75) is 12.5 Å². The van der Waals surface area contributed by atoms with Gasteiger partial charge >= 0.3 is 5.97 Å². The summed E-state index contributed by atoms with van der Waals surface area (Å²) in [4.78, 5) is 43.1. The molecule has 1 amide bonds. The number of amides is 1. The minimum absolute atomic E-state index is 0.174. The molecule has 1 aromatic heterocycles. The van der Waals surface area contributed by atoms with Crippen LogP contribution in [0.2, 0.25) is 0 Å². The molecule has 11 heteroatoms. The standard InChI is InChI=1S/C24H23N3O8/c1-32-15-8-10-7-12(25-17(10)22(34-3)21(15)33-2)23(30)27-6-5-11-13(27)9-14(28)18-16(11)20(29)19(26-18)24(31)35-4/h7-9,19,25-26,28H,5-6H2,1-4H3/t19-/m1/s1. The quantitative estimate of drug-likeness (QED) is 0.284. The summed E-state index contributed by atoms with van der Waals surface area (Å²) in [5, 5.41) is 14.0. The molecule has 2 aromatic carbocycles. The summed E-state index contributed by atoms with van der Waals surface area (Å²) < 4.78 is 21.0. The highest BCUT2D eigenvalue weighted by Crippen LogP contribution is 2.46. The molecule has 0 unspecified atom stereocenters. The lowest BCUT2D eigenvalue weighted by atomic mass is 9.99. The smallest absolute Gasteiger partial charge is 0.336 e. The van der Waals surface area contributed by atoms with Crippen LogP contribution in [0, 0.1) is 0 Å². The van der Waals surface area contributed by atoms with Gasteiger partial charge in [-0.15, -0.1) is 0 Å². The van der Waals surface area contributed by atoms with Crippen LogP contribution in [-0.4, -0.2) is 68.8 Å². The molecule has 0 saturated heterocycles. The monoisotopic (exact) mass is 481 g/mol. The van der Waals surface area contributed by atoms with Crippen LogP contribution in [0.3, 0.4) is 0 Å². The Bertz CT molecular complexity index is 1410. The van der Waals surface area contributed by atoms with Crippen LogP contribution in [0.15, 0.2) is 18.2 Å². The number of ketones is 1. The van der Waals surface area contributed by atoms with Crippen molar-refractivity contribution in [1.82, 2.24) is 4.98 Å². The van der Waals surface area contributed by atoms with Crippen LogP contribution in [0.25, 0.3) is 10.9 Å². The number of esters is 1. The number of hydrogen-bond acceptors (Lipinski definition) is 9. The van der Waals surface area contributed by atoms with E-state index in [4.69, 9.17) is 18.9 Å². The van der Waals surface area contributed by atoms with E-state index in [0.717, 1.165) is 0 Å². The Morgan fingerprint density at radius 2 is 1.80 bits per heavy atom. The average molecular weight is 481 g/mol. The number of carbonyl (C=O) groups excluding carboxylic acids is 3. The lowest BCUT2D eigenvalue weighted by Crippen LogP contribution is -2.33. The fourth-order valence-electron chi connectivity index (χ4n) is 4.81. The molecule has 0 aliphatic carbocycles. The molecule has 1 atom stereocenters. The molecule has 3 aromatic rings. The Morgan fingerprint density at radius 1 is 1.06 bits per heavy atom. The van der Waals surface area contributed by atoms with Gasteiger partial charge in [-0.2, -0.15) is 0 Å². The summed E-state index contributed by atoms with van der Waals surface area (Å²) in [6.07, 6.45) is 0.385. The van der Waals surface area contributed by atoms with Crippen molar-refractivity contribution in [3.05, 3.63) is 35.0 Å². The van der Waals surface area contributed by atoms with Crippen LogP contribution in [0.4, 0.5) is 11.4 Å². The van der Waals surface area contributed by atoms with E-state index in [-0.39, 0.29) is 28.6 Å². The lowest BCUT2D eigenvalue weighted by molar-refractivity contribution is -0.140. The van der Waals surface area contributed by atoms with Gasteiger partial charge in [0.2, 0.25) is 5.75 Å². The van der Waals surface area contributed by atoms with Gasteiger partial charge in [-0.05, 0) is 24.1 Å². The summed E-state index contributed by atoms with van der Waals surface area (Å²) >= 11 is 0. The third-order valence-electron chi connectivity index (χ3n) is 6.40. The zero-order valence-corrected chi connectivity index (χ0v) is 19.5. The van der Waals surface area contributed by atoms with Crippen LogP contribution in [-0.2, 0) is 16.0 Å². The number of benzene rings is 2. The first kappa shape index (κ1) is 22.4. The minimum Gasteiger partial charge on any atom is -0.506 e. The van der Waals surface area contributed by atoms with E-state index in [0.29, 0.717) is 52.4 Å². The highest BCUT2D eigenvalue weighted by atomic mass is 16.5. The average Bonchev–Trinajstić information content (AvgIpc) is 3.57. The SMILES string of the molecule is COC(=O)[C@@H]1Nc2c(O)cc3c(c2C1=O)CCN3C(=O)c1cc2cc(OC)c(OC)c(OC)c2[nH]1. The second kappa shape index (κ2) is 8.12. The molecule has 0 radical (unpaired) electrons. The summed E-state index contributed by atoms with van der Waals surface area (Å²) in [5.74, 6) is -0.600. The number of nitrogens with zero attached hydrogens (tertiary/aromatic N) is 1. The number of hydrogen-bond donors (Lipinski definition) is 3. The third kappa shape index (κ3) is 3.15. The van der Waals surface area contributed by atoms with E-state index in [2.05, 4.69) is 10.3 Å². The van der Waals surface area contributed by atoms with E-state index in [1.807, 2.05) is 0 Å². The van der Waals surface area contributed by atoms with Gasteiger partial charge in [-0.25, -0.2) is 4.79 Å².